The van der Waals surface area contributed by atoms with Crippen LogP contribution < -0.4 is 0 Å². The van der Waals surface area contributed by atoms with E-state index in [1.165, 1.54) is 4.31 Å². The lowest BCUT2D eigenvalue weighted by molar-refractivity contribution is -0.142. The molecule has 1 N–H and O–H groups in total. The Hall–Kier alpha value is -0.700. The summed E-state index contributed by atoms with van der Waals surface area (Å²) in [7, 11) is -1.72. The van der Waals surface area contributed by atoms with Gasteiger partial charge in [-0.15, -0.1) is 0 Å². The Morgan fingerprint density at radius 3 is 2.41 bits per heavy atom. The molecule has 0 aromatic carbocycles. The normalized spacial score (nSPS) is 22.9. The number of carbonyl (C=O) groups is 1. The van der Waals surface area contributed by atoms with Crippen molar-refractivity contribution in [3.63, 3.8) is 0 Å². The van der Waals surface area contributed by atoms with Gasteiger partial charge >= 0.3 is 5.97 Å². The van der Waals surface area contributed by atoms with Crippen molar-refractivity contribution < 1.29 is 23.1 Å². The van der Waals surface area contributed by atoms with E-state index in [1.807, 2.05) is 6.92 Å². The molecule has 1 atom stereocenters. The van der Waals surface area contributed by atoms with E-state index >= 15 is 0 Å². The van der Waals surface area contributed by atoms with Gasteiger partial charge in [0.1, 0.15) is 6.61 Å². The van der Waals surface area contributed by atoms with Crippen LogP contribution in [0.3, 0.4) is 0 Å². The summed E-state index contributed by atoms with van der Waals surface area (Å²) >= 11 is 0. The van der Waals surface area contributed by atoms with E-state index in [-0.39, 0.29) is 18.6 Å². The molecule has 2 fully saturated rings. The van der Waals surface area contributed by atoms with Crippen molar-refractivity contribution in [1.82, 2.24) is 8.61 Å². The lowest BCUT2D eigenvalue weighted by Gasteiger charge is -2.35. The molecule has 1 unspecified atom stereocenters. The van der Waals surface area contributed by atoms with Crippen molar-refractivity contribution in [2.75, 3.05) is 33.4 Å². The molecule has 1 saturated carbocycles. The Balaban J connectivity index is 1.80. The van der Waals surface area contributed by atoms with Gasteiger partial charge in [0.15, 0.2) is 0 Å². The lowest BCUT2D eigenvalue weighted by Crippen LogP contribution is -2.49. The van der Waals surface area contributed by atoms with Crippen molar-refractivity contribution >= 4 is 16.2 Å². The number of hydrogen-bond donors (Lipinski definition) is 1. The first-order valence-corrected chi connectivity index (χ1v) is 9.24. The summed E-state index contributed by atoms with van der Waals surface area (Å²) < 4.78 is 33.4. The van der Waals surface area contributed by atoms with Crippen LogP contribution in [0.25, 0.3) is 0 Å². The van der Waals surface area contributed by atoms with Crippen LogP contribution in [0.5, 0.6) is 0 Å². The first-order valence-electron chi connectivity index (χ1n) is 7.85. The van der Waals surface area contributed by atoms with Gasteiger partial charge in [0, 0.05) is 26.2 Å². The molecule has 1 aliphatic heterocycles. The third kappa shape index (κ3) is 4.41. The van der Waals surface area contributed by atoms with Gasteiger partial charge in [-0.3, -0.25) is 0 Å². The van der Waals surface area contributed by atoms with Gasteiger partial charge in [0.05, 0.1) is 6.61 Å². The molecule has 8 heteroatoms. The molecule has 1 heterocycles. The Morgan fingerprint density at radius 1 is 1.32 bits per heavy atom. The zero-order valence-corrected chi connectivity index (χ0v) is 14.1. The monoisotopic (exact) mass is 334 g/mol. The first-order chi connectivity index (χ1) is 10.3. The molecular formula is C14H26N2O5S. The van der Waals surface area contributed by atoms with Gasteiger partial charge < -0.3 is 9.84 Å². The Kier molecular flexibility index (Phi) is 5.81. The third-order valence-electron chi connectivity index (χ3n) is 4.72. The van der Waals surface area contributed by atoms with E-state index in [9.17, 15) is 13.2 Å². The summed E-state index contributed by atoms with van der Waals surface area (Å²) in [5, 5.41) is 8.54. The second kappa shape index (κ2) is 7.25. The molecule has 0 amide bonds. The van der Waals surface area contributed by atoms with E-state index < -0.39 is 16.2 Å². The molecule has 0 radical (unpaired) electrons. The molecule has 2 aliphatic rings. The molecule has 1 saturated heterocycles. The minimum atomic E-state index is -3.39. The van der Waals surface area contributed by atoms with Crippen LogP contribution in [0, 0.1) is 11.8 Å². The highest BCUT2D eigenvalue weighted by Gasteiger charge is 2.38. The van der Waals surface area contributed by atoms with Crippen molar-refractivity contribution in [2.45, 2.75) is 38.6 Å². The zero-order valence-electron chi connectivity index (χ0n) is 13.3. The number of ether oxygens (including phenoxy) is 1. The molecular weight excluding hydrogens is 308 g/mol. The number of hydrogen-bond acceptors (Lipinski definition) is 4. The van der Waals surface area contributed by atoms with Crippen LogP contribution in [0.1, 0.15) is 32.6 Å². The van der Waals surface area contributed by atoms with Crippen molar-refractivity contribution in [3.05, 3.63) is 0 Å². The van der Waals surface area contributed by atoms with Gasteiger partial charge in [-0.2, -0.15) is 17.0 Å². The highest BCUT2D eigenvalue weighted by Crippen LogP contribution is 2.36. The molecule has 0 aromatic heterocycles. The molecule has 128 valence electrons. The van der Waals surface area contributed by atoms with Crippen LogP contribution >= 0.6 is 0 Å². The SMILES string of the molecule is CC(C1CC1)N(C)S(=O)(=O)N1CCC(COCC(=O)O)CC1. The topological polar surface area (TPSA) is 87.2 Å². The number of carboxylic acids is 1. The van der Waals surface area contributed by atoms with Crippen LogP contribution in [-0.4, -0.2) is 67.5 Å². The van der Waals surface area contributed by atoms with E-state index in [0.717, 1.165) is 12.8 Å². The number of carboxylic acid groups (broad SMARTS) is 1. The van der Waals surface area contributed by atoms with Gasteiger partial charge in [0.2, 0.25) is 0 Å². The standard InChI is InChI=1S/C14H26N2O5S/c1-11(13-3-4-13)15(2)22(19,20)16-7-5-12(6-8-16)9-21-10-14(17)18/h11-13H,3-10H2,1-2H3,(H,17,18). The number of aliphatic carboxylic acids is 1. The van der Waals surface area contributed by atoms with Crippen LogP contribution in [0.2, 0.25) is 0 Å². The van der Waals surface area contributed by atoms with E-state index in [4.69, 9.17) is 9.84 Å². The summed E-state index contributed by atoms with van der Waals surface area (Å²) in [5.41, 5.74) is 0. The largest absolute Gasteiger partial charge is 0.480 e. The summed E-state index contributed by atoms with van der Waals surface area (Å²) in [4.78, 5) is 10.4. The molecule has 0 bridgehead atoms. The van der Waals surface area contributed by atoms with Crippen LogP contribution in [-0.2, 0) is 19.7 Å². The van der Waals surface area contributed by atoms with Crippen molar-refractivity contribution in [2.24, 2.45) is 11.8 Å². The Bertz CT molecular complexity index is 483. The summed E-state index contributed by atoms with van der Waals surface area (Å²) in [6, 6.07) is 0.0571. The fraction of sp³-hybridized carbons (Fsp3) is 0.929. The Labute approximate surface area is 132 Å². The van der Waals surface area contributed by atoms with Crippen molar-refractivity contribution in [3.8, 4) is 0 Å². The maximum absolute atomic E-state index is 12.6. The van der Waals surface area contributed by atoms with E-state index in [0.29, 0.717) is 38.5 Å². The molecule has 22 heavy (non-hydrogen) atoms. The summed E-state index contributed by atoms with van der Waals surface area (Å²) in [5.74, 6) is -0.241. The first kappa shape index (κ1) is 17.7. The van der Waals surface area contributed by atoms with E-state index in [1.54, 1.807) is 11.4 Å². The molecule has 0 aromatic rings. The molecule has 7 nitrogen and oxygen atoms in total. The van der Waals surface area contributed by atoms with Crippen LogP contribution in [0.15, 0.2) is 0 Å². The van der Waals surface area contributed by atoms with Gasteiger partial charge in [-0.25, -0.2) is 4.79 Å². The second-order valence-electron chi connectivity index (χ2n) is 6.35. The predicted octanol–water partition coefficient (Wildman–Crippen LogP) is 0.775. The predicted molar refractivity (Wildman–Crippen MR) is 81.6 cm³/mol. The van der Waals surface area contributed by atoms with Crippen LogP contribution in [0.4, 0.5) is 0 Å². The molecule has 1 aliphatic carbocycles. The summed E-state index contributed by atoms with van der Waals surface area (Å²) in [6.07, 6.45) is 3.66. The smallest absolute Gasteiger partial charge is 0.329 e. The third-order valence-corrected chi connectivity index (χ3v) is 6.80. The second-order valence-corrected chi connectivity index (χ2v) is 8.34. The molecule has 2 rings (SSSR count). The number of rotatable bonds is 8. The van der Waals surface area contributed by atoms with Gasteiger partial charge in [0.25, 0.3) is 10.2 Å². The fourth-order valence-corrected chi connectivity index (χ4v) is 4.52. The Morgan fingerprint density at radius 2 is 1.91 bits per heavy atom. The highest BCUT2D eigenvalue weighted by atomic mass is 32.2. The lowest BCUT2D eigenvalue weighted by atomic mass is 9.99. The average molecular weight is 334 g/mol. The van der Waals surface area contributed by atoms with E-state index in [2.05, 4.69) is 0 Å². The maximum atomic E-state index is 12.6. The maximum Gasteiger partial charge on any atom is 0.329 e. The fourth-order valence-electron chi connectivity index (χ4n) is 2.89. The quantitative estimate of drug-likeness (QED) is 0.708. The average Bonchev–Trinajstić information content (AvgIpc) is 3.30. The van der Waals surface area contributed by atoms with Crippen molar-refractivity contribution in [1.29, 1.82) is 0 Å². The number of nitrogens with zero attached hydrogens (tertiary/aromatic N) is 2. The number of piperidine rings is 1. The molecule has 0 spiro atoms. The summed E-state index contributed by atoms with van der Waals surface area (Å²) in [6.45, 7) is 3.02. The highest BCUT2D eigenvalue weighted by molar-refractivity contribution is 7.86. The zero-order chi connectivity index (χ0) is 16.3. The van der Waals surface area contributed by atoms with Gasteiger partial charge in [-0.1, -0.05) is 0 Å². The van der Waals surface area contributed by atoms with Gasteiger partial charge in [-0.05, 0) is 44.4 Å². The minimum absolute atomic E-state index is 0.0571. The minimum Gasteiger partial charge on any atom is -0.480 e.